The standard InChI is InChI=1S/C22H22N2O3S/c1-14(2)15-8-10-17(11-9-15)21-23-18(13-28-21)12-19(25)24-20(22(26)27)16-6-4-3-5-7-16/h3-11,13-14,20H,12H2,1-2H3,(H,24,25)(H,26,27)/t20-/m0/s1. The van der Waals surface area contributed by atoms with E-state index >= 15 is 0 Å². The molecule has 0 aliphatic heterocycles. The molecule has 0 bridgehead atoms. The highest BCUT2D eigenvalue weighted by Gasteiger charge is 2.22. The van der Waals surface area contributed by atoms with Gasteiger partial charge in [-0.15, -0.1) is 11.3 Å². The van der Waals surface area contributed by atoms with Crippen molar-refractivity contribution < 1.29 is 14.7 Å². The zero-order valence-electron chi connectivity index (χ0n) is 15.8. The number of amides is 1. The van der Waals surface area contributed by atoms with E-state index in [-0.39, 0.29) is 12.3 Å². The third-order valence-electron chi connectivity index (χ3n) is 4.40. The van der Waals surface area contributed by atoms with E-state index in [2.05, 4.69) is 36.3 Å². The molecule has 0 aliphatic carbocycles. The second-order valence-corrected chi connectivity index (χ2v) is 7.71. The average molecular weight is 394 g/mol. The molecule has 0 saturated carbocycles. The van der Waals surface area contributed by atoms with Crippen LogP contribution < -0.4 is 5.32 Å². The van der Waals surface area contributed by atoms with E-state index < -0.39 is 12.0 Å². The number of benzene rings is 2. The van der Waals surface area contributed by atoms with Crippen LogP contribution in [-0.4, -0.2) is 22.0 Å². The van der Waals surface area contributed by atoms with Crippen LogP contribution in [-0.2, 0) is 16.0 Å². The molecule has 1 aromatic heterocycles. The molecule has 3 rings (SSSR count). The molecule has 0 unspecified atom stereocenters. The summed E-state index contributed by atoms with van der Waals surface area (Å²) in [6, 6.07) is 15.8. The van der Waals surface area contributed by atoms with Crippen molar-refractivity contribution in [3.8, 4) is 10.6 Å². The zero-order valence-corrected chi connectivity index (χ0v) is 16.6. The first kappa shape index (κ1) is 19.8. The second kappa shape index (κ2) is 8.80. The van der Waals surface area contributed by atoms with Crippen LogP contribution in [0.15, 0.2) is 60.0 Å². The van der Waals surface area contributed by atoms with Crippen molar-refractivity contribution in [2.45, 2.75) is 32.2 Å². The van der Waals surface area contributed by atoms with Gasteiger partial charge in [0.15, 0.2) is 6.04 Å². The number of nitrogens with one attached hydrogen (secondary N) is 1. The fraction of sp³-hybridized carbons (Fsp3) is 0.227. The van der Waals surface area contributed by atoms with Gasteiger partial charge in [0.25, 0.3) is 0 Å². The fourth-order valence-electron chi connectivity index (χ4n) is 2.84. The van der Waals surface area contributed by atoms with Gasteiger partial charge in [-0.2, -0.15) is 0 Å². The number of carboxylic acid groups (broad SMARTS) is 1. The molecule has 1 amide bonds. The van der Waals surface area contributed by atoms with Gasteiger partial charge in [-0.25, -0.2) is 9.78 Å². The predicted molar refractivity (Wildman–Crippen MR) is 110 cm³/mol. The Morgan fingerprint density at radius 2 is 1.71 bits per heavy atom. The third-order valence-corrected chi connectivity index (χ3v) is 5.34. The van der Waals surface area contributed by atoms with E-state index in [4.69, 9.17) is 0 Å². The number of carbonyl (C=O) groups excluding carboxylic acids is 1. The summed E-state index contributed by atoms with van der Waals surface area (Å²) in [6.07, 6.45) is 0.0389. The van der Waals surface area contributed by atoms with Crippen LogP contribution >= 0.6 is 11.3 Å². The number of carbonyl (C=O) groups is 2. The van der Waals surface area contributed by atoms with Gasteiger partial charge in [0.05, 0.1) is 12.1 Å². The Kier molecular flexibility index (Phi) is 6.21. The normalized spacial score (nSPS) is 12.0. The highest BCUT2D eigenvalue weighted by Crippen LogP contribution is 2.26. The van der Waals surface area contributed by atoms with Crippen LogP contribution in [0.1, 0.15) is 42.6 Å². The van der Waals surface area contributed by atoms with Gasteiger partial charge in [-0.3, -0.25) is 4.79 Å². The van der Waals surface area contributed by atoms with Crippen LogP contribution in [0.4, 0.5) is 0 Å². The van der Waals surface area contributed by atoms with Crippen molar-refractivity contribution in [2.75, 3.05) is 0 Å². The van der Waals surface area contributed by atoms with Crippen LogP contribution in [0.3, 0.4) is 0 Å². The van der Waals surface area contributed by atoms with Gasteiger partial charge in [-0.1, -0.05) is 68.4 Å². The van der Waals surface area contributed by atoms with E-state index in [9.17, 15) is 14.7 Å². The summed E-state index contributed by atoms with van der Waals surface area (Å²) in [4.78, 5) is 28.4. The molecule has 0 spiro atoms. The third kappa shape index (κ3) is 4.84. The number of hydrogen-bond donors (Lipinski definition) is 2. The fourth-order valence-corrected chi connectivity index (χ4v) is 3.67. The minimum absolute atomic E-state index is 0.0389. The Bertz CT molecular complexity index is 949. The number of carboxylic acids is 1. The Morgan fingerprint density at radius 1 is 1.04 bits per heavy atom. The lowest BCUT2D eigenvalue weighted by molar-refractivity contribution is -0.142. The van der Waals surface area contributed by atoms with Gasteiger partial charge in [-0.05, 0) is 17.0 Å². The zero-order chi connectivity index (χ0) is 20.1. The van der Waals surface area contributed by atoms with Crippen LogP contribution in [0, 0.1) is 0 Å². The Morgan fingerprint density at radius 3 is 2.32 bits per heavy atom. The Labute approximate surface area is 168 Å². The van der Waals surface area contributed by atoms with E-state index in [1.54, 1.807) is 30.3 Å². The van der Waals surface area contributed by atoms with Crippen molar-refractivity contribution in [3.63, 3.8) is 0 Å². The molecule has 1 heterocycles. The van der Waals surface area contributed by atoms with E-state index in [1.165, 1.54) is 16.9 Å². The van der Waals surface area contributed by atoms with Crippen LogP contribution in [0.5, 0.6) is 0 Å². The lowest BCUT2D eigenvalue weighted by atomic mass is 10.0. The van der Waals surface area contributed by atoms with Crippen LogP contribution in [0.2, 0.25) is 0 Å². The molecule has 28 heavy (non-hydrogen) atoms. The SMILES string of the molecule is CC(C)c1ccc(-c2nc(CC(=O)N[C@H](C(=O)O)c3ccccc3)cs2)cc1. The number of thiazole rings is 1. The molecule has 0 aliphatic rings. The maximum absolute atomic E-state index is 12.4. The summed E-state index contributed by atoms with van der Waals surface area (Å²) in [5.74, 6) is -0.997. The first-order valence-electron chi connectivity index (χ1n) is 9.06. The first-order valence-corrected chi connectivity index (χ1v) is 9.94. The summed E-state index contributed by atoms with van der Waals surface area (Å²) in [7, 11) is 0. The minimum Gasteiger partial charge on any atom is -0.479 e. The topological polar surface area (TPSA) is 79.3 Å². The molecule has 6 heteroatoms. The number of nitrogens with zero attached hydrogens (tertiary/aromatic N) is 1. The van der Waals surface area contributed by atoms with Gasteiger partial charge in [0, 0.05) is 10.9 Å². The molecule has 3 aromatic rings. The second-order valence-electron chi connectivity index (χ2n) is 6.85. The lowest BCUT2D eigenvalue weighted by Gasteiger charge is -2.14. The largest absolute Gasteiger partial charge is 0.479 e. The van der Waals surface area contributed by atoms with Crippen molar-refractivity contribution in [2.24, 2.45) is 0 Å². The summed E-state index contributed by atoms with van der Waals surface area (Å²) >= 11 is 1.47. The van der Waals surface area contributed by atoms with Crippen molar-refractivity contribution in [1.29, 1.82) is 0 Å². The smallest absolute Gasteiger partial charge is 0.330 e. The molecule has 5 nitrogen and oxygen atoms in total. The maximum atomic E-state index is 12.4. The lowest BCUT2D eigenvalue weighted by Crippen LogP contribution is -2.34. The molecular weight excluding hydrogens is 372 g/mol. The Hall–Kier alpha value is -2.99. The number of rotatable bonds is 7. The molecule has 0 radical (unpaired) electrons. The van der Waals surface area contributed by atoms with E-state index in [1.807, 2.05) is 17.5 Å². The molecule has 2 aromatic carbocycles. The van der Waals surface area contributed by atoms with E-state index in [0.717, 1.165) is 10.6 Å². The number of aliphatic carboxylic acids is 1. The van der Waals surface area contributed by atoms with Crippen molar-refractivity contribution >= 4 is 23.2 Å². The highest BCUT2D eigenvalue weighted by atomic mass is 32.1. The quantitative estimate of drug-likeness (QED) is 0.622. The molecule has 2 N–H and O–H groups in total. The molecule has 144 valence electrons. The van der Waals surface area contributed by atoms with E-state index in [0.29, 0.717) is 17.2 Å². The maximum Gasteiger partial charge on any atom is 0.330 e. The molecule has 1 atom stereocenters. The number of aromatic nitrogens is 1. The van der Waals surface area contributed by atoms with Gasteiger partial charge < -0.3 is 10.4 Å². The molecule has 0 saturated heterocycles. The van der Waals surface area contributed by atoms with Gasteiger partial charge >= 0.3 is 5.97 Å². The molecular formula is C22H22N2O3S. The summed E-state index contributed by atoms with van der Waals surface area (Å²) in [6.45, 7) is 4.30. The van der Waals surface area contributed by atoms with Crippen molar-refractivity contribution in [1.82, 2.24) is 10.3 Å². The summed E-state index contributed by atoms with van der Waals surface area (Å²) < 4.78 is 0. The van der Waals surface area contributed by atoms with Gasteiger partial charge in [0.1, 0.15) is 5.01 Å². The molecule has 0 fully saturated rings. The number of hydrogen-bond acceptors (Lipinski definition) is 4. The van der Waals surface area contributed by atoms with Crippen LogP contribution in [0.25, 0.3) is 10.6 Å². The Balaban J connectivity index is 1.67. The van der Waals surface area contributed by atoms with Crippen molar-refractivity contribution in [3.05, 3.63) is 76.8 Å². The average Bonchev–Trinajstić information content (AvgIpc) is 3.15. The monoisotopic (exact) mass is 394 g/mol. The van der Waals surface area contributed by atoms with Gasteiger partial charge in [0.2, 0.25) is 5.91 Å². The highest BCUT2D eigenvalue weighted by molar-refractivity contribution is 7.13. The summed E-state index contributed by atoms with van der Waals surface area (Å²) in [5, 5.41) is 14.7. The first-order chi connectivity index (χ1) is 13.4. The summed E-state index contributed by atoms with van der Waals surface area (Å²) in [5.41, 5.74) is 3.43. The minimum atomic E-state index is -1.09. The predicted octanol–water partition coefficient (Wildman–Crippen LogP) is 4.42.